The molecule has 0 saturated heterocycles. The Morgan fingerprint density at radius 3 is 1.46 bits per heavy atom. The molecule has 26 heavy (non-hydrogen) atoms. The van der Waals surface area contributed by atoms with E-state index >= 15 is 0 Å². The van der Waals surface area contributed by atoms with Gasteiger partial charge in [-0.3, -0.25) is 9.59 Å². The van der Waals surface area contributed by atoms with Crippen molar-refractivity contribution in [1.29, 1.82) is 0 Å². The average molecular weight is 352 g/mol. The summed E-state index contributed by atoms with van der Waals surface area (Å²) < 4.78 is 28.2. The van der Waals surface area contributed by atoms with Crippen molar-refractivity contribution in [2.75, 3.05) is 11.5 Å². The largest absolute Gasteiger partial charge is 0.396 e. The smallest absolute Gasteiger partial charge is 0.196 e. The van der Waals surface area contributed by atoms with E-state index in [2.05, 4.69) is 0 Å². The Labute approximate surface area is 148 Å². The SMILES string of the molecule is Nc1cccc(C(=O)c2cccc(C(=O)c3cccc(N)c3F)c2)c1F. The molecule has 0 spiro atoms. The molecule has 3 rings (SSSR count). The predicted octanol–water partition coefficient (Wildman–Crippen LogP) is 3.59. The van der Waals surface area contributed by atoms with E-state index in [0.717, 1.165) is 0 Å². The van der Waals surface area contributed by atoms with Crippen LogP contribution in [-0.2, 0) is 0 Å². The number of carbonyl (C=O) groups is 2. The summed E-state index contributed by atoms with van der Waals surface area (Å²) in [4.78, 5) is 25.1. The highest BCUT2D eigenvalue weighted by atomic mass is 19.1. The highest BCUT2D eigenvalue weighted by Gasteiger charge is 2.19. The van der Waals surface area contributed by atoms with Crippen LogP contribution in [0.25, 0.3) is 0 Å². The second-order valence-corrected chi connectivity index (χ2v) is 5.66. The molecule has 0 fully saturated rings. The molecule has 0 amide bonds. The predicted molar refractivity (Wildman–Crippen MR) is 94.9 cm³/mol. The number of benzene rings is 3. The van der Waals surface area contributed by atoms with Crippen LogP contribution in [0.3, 0.4) is 0 Å². The van der Waals surface area contributed by atoms with Gasteiger partial charge in [0.15, 0.2) is 23.2 Å². The number of rotatable bonds is 4. The van der Waals surface area contributed by atoms with Crippen LogP contribution >= 0.6 is 0 Å². The molecule has 0 aliphatic carbocycles. The Bertz CT molecular complexity index is 953. The first kappa shape index (κ1) is 17.3. The summed E-state index contributed by atoms with van der Waals surface area (Å²) in [5.41, 5.74) is 10.4. The number of nitrogen functional groups attached to an aromatic ring is 2. The van der Waals surface area contributed by atoms with Crippen LogP contribution in [0.4, 0.5) is 20.2 Å². The van der Waals surface area contributed by atoms with E-state index < -0.39 is 23.2 Å². The van der Waals surface area contributed by atoms with E-state index in [0.29, 0.717) is 0 Å². The Hall–Kier alpha value is -3.54. The van der Waals surface area contributed by atoms with Crippen LogP contribution in [0.5, 0.6) is 0 Å². The molecule has 6 heteroatoms. The molecule has 0 aliphatic rings. The van der Waals surface area contributed by atoms with E-state index in [1.165, 1.54) is 60.7 Å². The molecule has 0 radical (unpaired) electrons. The minimum absolute atomic E-state index is 0.0876. The molecule has 4 N–H and O–H groups in total. The zero-order valence-electron chi connectivity index (χ0n) is 13.5. The van der Waals surface area contributed by atoms with Crippen molar-refractivity contribution >= 4 is 22.9 Å². The second-order valence-electron chi connectivity index (χ2n) is 5.66. The van der Waals surface area contributed by atoms with Gasteiger partial charge in [-0.2, -0.15) is 0 Å². The number of nitrogens with two attached hydrogens (primary N) is 2. The molecule has 4 nitrogen and oxygen atoms in total. The number of carbonyl (C=O) groups excluding carboxylic acids is 2. The fraction of sp³-hybridized carbons (Fsp3) is 0. The van der Waals surface area contributed by atoms with Crippen molar-refractivity contribution in [1.82, 2.24) is 0 Å². The summed E-state index contributed by atoms with van der Waals surface area (Å²) >= 11 is 0. The Kier molecular flexibility index (Phi) is 4.49. The highest BCUT2D eigenvalue weighted by Crippen LogP contribution is 2.22. The Morgan fingerprint density at radius 1 is 0.654 bits per heavy atom. The van der Waals surface area contributed by atoms with Gasteiger partial charge < -0.3 is 11.5 Å². The van der Waals surface area contributed by atoms with Gasteiger partial charge in [0.1, 0.15) is 0 Å². The van der Waals surface area contributed by atoms with Crippen LogP contribution in [0, 0.1) is 11.6 Å². The summed E-state index contributed by atoms with van der Waals surface area (Å²) in [7, 11) is 0. The van der Waals surface area contributed by atoms with Gasteiger partial charge in [0.05, 0.1) is 22.5 Å². The summed E-state index contributed by atoms with van der Waals surface area (Å²) in [5.74, 6) is -2.90. The van der Waals surface area contributed by atoms with Crippen LogP contribution < -0.4 is 11.5 Å². The van der Waals surface area contributed by atoms with Gasteiger partial charge in [-0.1, -0.05) is 30.3 Å². The zero-order chi connectivity index (χ0) is 18.8. The van der Waals surface area contributed by atoms with E-state index in [4.69, 9.17) is 11.5 Å². The van der Waals surface area contributed by atoms with E-state index in [1.807, 2.05) is 0 Å². The number of anilines is 2. The van der Waals surface area contributed by atoms with Crippen molar-refractivity contribution in [3.8, 4) is 0 Å². The lowest BCUT2D eigenvalue weighted by molar-refractivity contribution is 0.103. The minimum atomic E-state index is -0.823. The van der Waals surface area contributed by atoms with Crippen LogP contribution in [0.2, 0.25) is 0 Å². The standard InChI is InChI=1S/C20H14F2N2O2/c21-17-13(6-2-8-15(17)23)19(25)11-4-1-5-12(10-11)20(26)14-7-3-9-16(24)18(14)22/h1-10H,23-24H2. The topological polar surface area (TPSA) is 86.2 Å². The third-order valence-corrected chi connectivity index (χ3v) is 3.93. The first-order chi connectivity index (χ1) is 12.4. The summed E-state index contributed by atoms with van der Waals surface area (Å²) in [6.07, 6.45) is 0. The van der Waals surface area contributed by atoms with Crippen LogP contribution in [-0.4, -0.2) is 11.6 Å². The molecular weight excluding hydrogens is 338 g/mol. The molecule has 0 bridgehead atoms. The number of ketones is 2. The van der Waals surface area contributed by atoms with E-state index in [9.17, 15) is 18.4 Å². The number of halogens is 2. The van der Waals surface area contributed by atoms with Gasteiger partial charge >= 0.3 is 0 Å². The monoisotopic (exact) mass is 352 g/mol. The zero-order valence-corrected chi connectivity index (χ0v) is 13.5. The fourth-order valence-electron chi connectivity index (χ4n) is 2.56. The van der Waals surface area contributed by atoms with E-state index in [1.54, 1.807) is 0 Å². The molecule has 0 saturated carbocycles. The molecular formula is C20H14F2N2O2. The molecule has 3 aromatic rings. The maximum absolute atomic E-state index is 14.1. The Balaban J connectivity index is 2.01. The van der Waals surface area contributed by atoms with Crippen molar-refractivity contribution < 1.29 is 18.4 Å². The van der Waals surface area contributed by atoms with Crippen molar-refractivity contribution in [2.45, 2.75) is 0 Å². The lowest BCUT2D eigenvalue weighted by Gasteiger charge is -2.08. The minimum Gasteiger partial charge on any atom is -0.396 e. The van der Waals surface area contributed by atoms with Gasteiger partial charge in [0.25, 0.3) is 0 Å². The van der Waals surface area contributed by atoms with Gasteiger partial charge in [-0.05, 0) is 30.3 Å². The normalized spacial score (nSPS) is 10.5. The first-order valence-electron chi connectivity index (χ1n) is 7.67. The number of hydrogen-bond acceptors (Lipinski definition) is 4. The van der Waals surface area contributed by atoms with Crippen molar-refractivity contribution in [3.63, 3.8) is 0 Å². The first-order valence-corrected chi connectivity index (χ1v) is 7.67. The maximum atomic E-state index is 14.1. The van der Waals surface area contributed by atoms with E-state index in [-0.39, 0.29) is 33.6 Å². The fourth-order valence-corrected chi connectivity index (χ4v) is 2.56. The lowest BCUT2D eigenvalue weighted by Crippen LogP contribution is -2.10. The summed E-state index contributed by atoms with van der Waals surface area (Å²) in [6.45, 7) is 0. The molecule has 0 unspecified atom stereocenters. The Morgan fingerprint density at radius 2 is 1.04 bits per heavy atom. The third kappa shape index (κ3) is 3.04. The summed E-state index contributed by atoms with van der Waals surface area (Å²) in [5, 5.41) is 0. The molecule has 0 aromatic heterocycles. The molecule has 130 valence electrons. The van der Waals surface area contributed by atoms with Gasteiger partial charge in [-0.15, -0.1) is 0 Å². The van der Waals surface area contributed by atoms with Gasteiger partial charge in [0, 0.05) is 11.1 Å². The molecule has 3 aromatic carbocycles. The van der Waals surface area contributed by atoms with Crippen molar-refractivity contribution in [2.24, 2.45) is 0 Å². The quantitative estimate of drug-likeness (QED) is 0.555. The van der Waals surface area contributed by atoms with Crippen LogP contribution in [0.15, 0.2) is 60.7 Å². The highest BCUT2D eigenvalue weighted by molar-refractivity contribution is 6.13. The van der Waals surface area contributed by atoms with Gasteiger partial charge in [-0.25, -0.2) is 8.78 Å². The van der Waals surface area contributed by atoms with Crippen molar-refractivity contribution in [3.05, 3.63) is 94.6 Å². The molecule has 0 aliphatic heterocycles. The number of hydrogen-bond donors (Lipinski definition) is 2. The van der Waals surface area contributed by atoms with Crippen LogP contribution in [0.1, 0.15) is 31.8 Å². The molecule has 0 heterocycles. The maximum Gasteiger partial charge on any atom is 0.196 e. The lowest BCUT2D eigenvalue weighted by atomic mass is 9.96. The summed E-state index contributed by atoms with van der Waals surface area (Å²) in [6, 6.07) is 13.9. The van der Waals surface area contributed by atoms with Gasteiger partial charge in [0.2, 0.25) is 0 Å². The third-order valence-electron chi connectivity index (χ3n) is 3.93. The second kappa shape index (κ2) is 6.76. The average Bonchev–Trinajstić information content (AvgIpc) is 2.65. The molecule has 0 atom stereocenters.